The van der Waals surface area contributed by atoms with Gasteiger partial charge in [-0.1, -0.05) is 54.9 Å². The number of hydrogen-bond donors (Lipinski definition) is 0. The molecule has 0 saturated heterocycles. The van der Waals surface area contributed by atoms with Gasteiger partial charge in [-0.15, -0.1) is 11.6 Å². The van der Waals surface area contributed by atoms with Crippen LogP contribution in [-0.4, -0.2) is 5.88 Å². The molecule has 0 heterocycles. The van der Waals surface area contributed by atoms with Gasteiger partial charge < -0.3 is 0 Å². The second kappa shape index (κ2) is 5.36. The summed E-state index contributed by atoms with van der Waals surface area (Å²) < 4.78 is 1.18. The monoisotopic (exact) mass is 288 g/mol. The van der Waals surface area contributed by atoms with Gasteiger partial charge in [0.1, 0.15) is 0 Å². The SMILES string of the molecule is CC(C)(C)C(CCl)Cc1ccccc1Br. The molecule has 0 amide bonds. The van der Waals surface area contributed by atoms with Gasteiger partial charge in [0.15, 0.2) is 0 Å². The molecule has 15 heavy (non-hydrogen) atoms. The molecule has 2 heteroatoms. The molecule has 0 radical (unpaired) electrons. The fraction of sp³-hybridized carbons (Fsp3) is 0.538. The minimum atomic E-state index is 0.261. The van der Waals surface area contributed by atoms with Gasteiger partial charge in [0.25, 0.3) is 0 Å². The number of rotatable bonds is 3. The molecule has 1 atom stereocenters. The Hall–Kier alpha value is -0.0100. The summed E-state index contributed by atoms with van der Waals surface area (Å²) >= 11 is 9.62. The number of benzene rings is 1. The molecular formula is C13H18BrCl. The molecule has 84 valence electrons. The Balaban J connectivity index is 2.80. The minimum absolute atomic E-state index is 0.261. The van der Waals surface area contributed by atoms with Crippen LogP contribution in [0.25, 0.3) is 0 Å². The zero-order chi connectivity index (χ0) is 11.5. The van der Waals surface area contributed by atoms with Crippen molar-refractivity contribution in [1.82, 2.24) is 0 Å². The van der Waals surface area contributed by atoms with Crippen molar-refractivity contribution in [3.05, 3.63) is 34.3 Å². The second-order valence-electron chi connectivity index (χ2n) is 5.01. The van der Waals surface area contributed by atoms with Crippen LogP contribution in [-0.2, 0) is 6.42 Å². The van der Waals surface area contributed by atoms with Crippen molar-refractivity contribution in [3.63, 3.8) is 0 Å². The minimum Gasteiger partial charge on any atom is -0.126 e. The zero-order valence-electron chi connectivity index (χ0n) is 9.56. The van der Waals surface area contributed by atoms with Gasteiger partial charge in [-0.3, -0.25) is 0 Å². The lowest BCUT2D eigenvalue weighted by molar-refractivity contribution is 0.263. The third-order valence-corrected chi connectivity index (χ3v) is 3.98. The summed E-state index contributed by atoms with van der Waals surface area (Å²) in [6.45, 7) is 6.74. The molecule has 1 rings (SSSR count). The average molecular weight is 290 g/mol. The molecule has 0 spiro atoms. The maximum Gasteiger partial charge on any atom is 0.0259 e. The molecule has 0 aliphatic heterocycles. The van der Waals surface area contributed by atoms with Crippen LogP contribution < -0.4 is 0 Å². The van der Waals surface area contributed by atoms with E-state index in [0.29, 0.717) is 11.8 Å². The quantitative estimate of drug-likeness (QED) is 0.695. The van der Waals surface area contributed by atoms with Crippen molar-refractivity contribution in [2.45, 2.75) is 27.2 Å². The average Bonchev–Trinajstić information content (AvgIpc) is 2.14. The summed E-state index contributed by atoms with van der Waals surface area (Å²) in [6.07, 6.45) is 1.04. The topological polar surface area (TPSA) is 0 Å². The second-order valence-corrected chi connectivity index (χ2v) is 6.18. The van der Waals surface area contributed by atoms with Crippen LogP contribution in [0, 0.1) is 11.3 Å². The third-order valence-electron chi connectivity index (χ3n) is 2.84. The molecule has 1 unspecified atom stereocenters. The van der Waals surface area contributed by atoms with Crippen molar-refractivity contribution in [1.29, 1.82) is 0 Å². The Morgan fingerprint density at radius 1 is 1.27 bits per heavy atom. The molecular weight excluding hydrogens is 272 g/mol. The molecule has 0 fully saturated rings. The standard InChI is InChI=1S/C13H18BrCl/c1-13(2,3)11(9-15)8-10-6-4-5-7-12(10)14/h4-7,11H,8-9H2,1-3H3. The molecule has 1 aromatic carbocycles. The zero-order valence-corrected chi connectivity index (χ0v) is 11.9. The first-order valence-corrected chi connectivity index (χ1v) is 6.57. The van der Waals surface area contributed by atoms with Crippen LogP contribution in [0.5, 0.6) is 0 Å². The smallest absolute Gasteiger partial charge is 0.0259 e. The lowest BCUT2D eigenvalue weighted by Gasteiger charge is -2.29. The number of hydrogen-bond acceptors (Lipinski definition) is 0. The first-order chi connectivity index (χ1) is 6.95. The molecule has 0 N–H and O–H groups in total. The van der Waals surface area contributed by atoms with E-state index in [1.807, 2.05) is 6.07 Å². The van der Waals surface area contributed by atoms with E-state index in [1.165, 1.54) is 10.0 Å². The molecule has 0 saturated carbocycles. The highest BCUT2D eigenvalue weighted by molar-refractivity contribution is 9.10. The predicted octanol–water partition coefficient (Wildman–Crippen LogP) is 4.89. The van der Waals surface area contributed by atoms with Gasteiger partial charge in [0.05, 0.1) is 0 Å². The van der Waals surface area contributed by atoms with E-state index in [4.69, 9.17) is 11.6 Å². The van der Waals surface area contributed by atoms with Gasteiger partial charge in [0, 0.05) is 10.4 Å². The van der Waals surface area contributed by atoms with E-state index in [9.17, 15) is 0 Å². The largest absolute Gasteiger partial charge is 0.126 e. The molecule has 1 aromatic rings. The van der Waals surface area contributed by atoms with Gasteiger partial charge in [-0.05, 0) is 29.4 Å². The summed E-state index contributed by atoms with van der Waals surface area (Å²) in [7, 11) is 0. The lowest BCUT2D eigenvalue weighted by Crippen LogP contribution is -2.24. The fourth-order valence-electron chi connectivity index (χ4n) is 1.52. The molecule has 0 nitrogen and oxygen atoms in total. The maximum atomic E-state index is 6.04. The Labute approximate surface area is 106 Å². The van der Waals surface area contributed by atoms with Crippen LogP contribution in [0.4, 0.5) is 0 Å². The van der Waals surface area contributed by atoms with Crippen LogP contribution in [0.2, 0.25) is 0 Å². The highest BCUT2D eigenvalue weighted by Gasteiger charge is 2.24. The van der Waals surface area contributed by atoms with Gasteiger partial charge >= 0.3 is 0 Å². The third kappa shape index (κ3) is 3.81. The highest BCUT2D eigenvalue weighted by Crippen LogP contribution is 2.31. The van der Waals surface area contributed by atoms with Gasteiger partial charge in [0.2, 0.25) is 0 Å². The summed E-state index contributed by atoms with van der Waals surface area (Å²) in [5.74, 6) is 1.23. The lowest BCUT2D eigenvalue weighted by atomic mass is 9.78. The first kappa shape index (κ1) is 13.1. The fourth-order valence-corrected chi connectivity index (χ4v) is 2.54. The van der Waals surface area contributed by atoms with Crippen LogP contribution >= 0.6 is 27.5 Å². The number of alkyl halides is 1. The van der Waals surface area contributed by atoms with E-state index in [2.05, 4.69) is 54.9 Å². The van der Waals surface area contributed by atoms with Crippen molar-refractivity contribution < 1.29 is 0 Å². The molecule has 0 aromatic heterocycles. The van der Waals surface area contributed by atoms with E-state index in [1.54, 1.807) is 0 Å². The van der Waals surface area contributed by atoms with E-state index in [0.717, 1.165) is 6.42 Å². The summed E-state index contributed by atoms with van der Waals surface area (Å²) in [6, 6.07) is 8.37. The Morgan fingerprint density at radius 2 is 1.87 bits per heavy atom. The van der Waals surface area contributed by atoms with Gasteiger partial charge in [-0.2, -0.15) is 0 Å². The van der Waals surface area contributed by atoms with Crippen molar-refractivity contribution in [2.75, 3.05) is 5.88 Å². The van der Waals surface area contributed by atoms with E-state index in [-0.39, 0.29) is 5.41 Å². The Morgan fingerprint density at radius 3 is 2.33 bits per heavy atom. The van der Waals surface area contributed by atoms with Crippen LogP contribution in [0.15, 0.2) is 28.7 Å². The van der Waals surface area contributed by atoms with Gasteiger partial charge in [-0.25, -0.2) is 0 Å². The Bertz CT molecular complexity index is 315. The van der Waals surface area contributed by atoms with Crippen LogP contribution in [0.1, 0.15) is 26.3 Å². The summed E-state index contributed by atoms with van der Waals surface area (Å²) in [4.78, 5) is 0. The van der Waals surface area contributed by atoms with Crippen molar-refractivity contribution in [3.8, 4) is 0 Å². The number of halogens is 2. The van der Waals surface area contributed by atoms with Crippen LogP contribution in [0.3, 0.4) is 0 Å². The molecule has 0 bridgehead atoms. The Kier molecular flexibility index (Phi) is 4.66. The molecule has 0 aliphatic rings. The summed E-state index contributed by atoms with van der Waals surface area (Å²) in [5.41, 5.74) is 1.61. The highest BCUT2D eigenvalue weighted by atomic mass is 79.9. The van der Waals surface area contributed by atoms with Crippen molar-refractivity contribution in [2.24, 2.45) is 11.3 Å². The molecule has 0 aliphatic carbocycles. The summed E-state index contributed by atoms with van der Waals surface area (Å²) in [5, 5.41) is 0. The predicted molar refractivity (Wildman–Crippen MR) is 71.5 cm³/mol. The normalized spacial score (nSPS) is 13.9. The van der Waals surface area contributed by atoms with E-state index >= 15 is 0 Å². The first-order valence-electron chi connectivity index (χ1n) is 5.24. The van der Waals surface area contributed by atoms with E-state index < -0.39 is 0 Å². The van der Waals surface area contributed by atoms with Crippen molar-refractivity contribution >= 4 is 27.5 Å². The maximum absolute atomic E-state index is 6.04.